The SMILES string of the molecule is O=C(O)c1ccc(C(O)c2ccc3ccc(C(=O)NCn4cccc4)cc3c2)cc1. The average Bonchev–Trinajstić information content (AvgIpc) is 3.30. The van der Waals surface area contributed by atoms with Gasteiger partial charge >= 0.3 is 5.97 Å². The molecular formula is C24H20N2O4. The van der Waals surface area contributed by atoms with Gasteiger partial charge in [0.1, 0.15) is 6.10 Å². The van der Waals surface area contributed by atoms with Crippen LogP contribution in [0.2, 0.25) is 0 Å². The Labute approximate surface area is 173 Å². The predicted molar refractivity (Wildman–Crippen MR) is 113 cm³/mol. The number of hydrogen-bond donors (Lipinski definition) is 3. The van der Waals surface area contributed by atoms with Crippen molar-refractivity contribution in [3.05, 3.63) is 107 Å². The van der Waals surface area contributed by atoms with Gasteiger partial charge < -0.3 is 20.1 Å². The van der Waals surface area contributed by atoms with E-state index < -0.39 is 12.1 Å². The molecule has 6 nitrogen and oxygen atoms in total. The van der Waals surface area contributed by atoms with Gasteiger partial charge in [-0.05, 0) is 64.4 Å². The summed E-state index contributed by atoms with van der Waals surface area (Å²) < 4.78 is 1.86. The largest absolute Gasteiger partial charge is 0.478 e. The molecular weight excluding hydrogens is 380 g/mol. The summed E-state index contributed by atoms with van der Waals surface area (Å²) in [7, 11) is 0. The van der Waals surface area contributed by atoms with E-state index in [9.17, 15) is 14.7 Å². The fourth-order valence-corrected chi connectivity index (χ4v) is 3.32. The number of benzene rings is 3. The first-order valence-electron chi connectivity index (χ1n) is 9.45. The molecule has 1 aromatic heterocycles. The van der Waals surface area contributed by atoms with Crippen molar-refractivity contribution in [1.29, 1.82) is 0 Å². The van der Waals surface area contributed by atoms with Crippen LogP contribution in [0.4, 0.5) is 0 Å². The number of carboxylic acids is 1. The molecule has 4 aromatic rings. The van der Waals surface area contributed by atoms with Gasteiger partial charge in [-0.1, -0.05) is 30.3 Å². The third kappa shape index (κ3) is 4.09. The number of nitrogens with one attached hydrogen (secondary N) is 1. The van der Waals surface area contributed by atoms with Crippen molar-refractivity contribution in [3.8, 4) is 0 Å². The molecule has 3 N–H and O–H groups in total. The normalized spacial score (nSPS) is 11.9. The van der Waals surface area contributed by atoms with Crippen molar-refractivity contribution in [2.45, 2.75) is 12.8 Å². The van der Waals surface area contributed by atoms with Crippen molar-refractivity contribution in [2.75, 3.05) is 0 Å². The lowest BCUT2D eigenvalue weighted by Gasteiger charge is -2.13. The number of amides is 1. The van der Waals surface area contributed by atoms with E-state index in [1.807, 2.05) is 53.4 Å². The first-order valence-corrected chi connectivity index (χ1v) is 9.45. The molecule has 3 aromatic carbocycles. The number of fused-ring (bicyclic) bond motifs is 1. The second kappa shape index (κ2) is 8.23. The van der Waals surface area contributed by atoms with Crippen molar-refractivity contribution in [1.82, 2.24) is 9.88 Å². The molecule has 30 heavy (non-hydrogen) atoms. The molecule has 0 bridgehead atoms. The number of hydrogen-bond acceptors (Lipinski definition) is 3. The van der Waals surface area contributed by atoms with Gasteiger partial charge in [0.15, 0.2) is 0 Å². The molecule has 0 spiro atoms. The van der Waals surface area contributed by atoms with E-state index in [1.54, 1.807) is 24.3 Å². The smallest absolute Gasteiger partial charge is 0.335 e. The van der Waals surface area contributed by atoms with E-state index in [1.165, 1.54) is 12.1 Å². The van der Waals surface area contributed by atoms with Crippen LogP contribution in [0.5, 0.6) is 0 Å². The van der Waals surface area contributed by atoms with E-state index in [2.05, 4.69) is 5.32 Å². The summed E-state index contributed by atoms with van der Waals surface area (Å²) in [6.07, 6.45) is 2.85. The number of aromatic nitrogens is 1. The van der Waals surface area contributed by atoms with Crippen LogP contribution < -0.4 is 5.32 Å². The van der Waals surface area contributed by atoms with Gasteiger partial charge in [-0.2, -0.15) is 0 Å². The van der Waals surface area contributed by atoms with E-state index in [0.717, 1.165) is 10.8 Å². The molecule has 1 amide bonds. The summed E-state index contributed by atoms with van der Waals surface area (Å²) in [5, 5.41) is 24.4. The van der Waals surface area contributed by atoms with Gasteiger partial charge in [-0.15, -0.1) is 0 Å². The van der Waals surface area contributed by atoms with E-state index in [-0.39, 0.29) is 11.5 Å². The maximum Gasteiger partial charge on any atom is 0.335 e. The fourth-order valence-electron chi connectivity index (χ4n) is 3.32. The third-order valence-electron chi connectivity index (χ3n) is 5.00. The van der Waals surface area contributed by atoms with Crippen LogP contribution in [-0.2, 0) is 6.67 Å². The number of carbonyl (C=O) groups excluding carboxylic acids is 1. The second-order valence-corrected chi connectivity index (χ2v) is 7.01. The Morgan fingerprint density at radius 1 is 0.833 bits per heavy atom. The zero-order valence-electron chi connectivity index (χ0n) is 16.0. The molecule has 1 unspecified atom stereocenters. The first kappa shape index (κ1) is 19.4. The maximum atomic E-state index is 12.5. The van der Waals surface area contributed by atoms with Crippen LogP contribution in [-0.4, -0.2) is 26.7 Å². The van der Waals surface area contributed by atoms with E-state index in [4.69, 9.17) is 5.11 Å². The highest BCUT2D eigenvalue weighted by molar-refractivity contribution is 5.98. The van der Waals surface area contributed by atoms with E-state index >= 15 is 0 Å². The minimum atomic E-state index is -1.01. The molecule has 1 atom stereocenters. The number of aliphatic hydroxyl groups excluding tert-OH is 1. The summed E-state index contributed by atoms with van der Waals surface area (Å²) in [5.41, 5.74) is 1.96. The van der Waals surface area contributed by atoms with Gasteiger partial charge in [0.05, 0.1) is 12.2 Å². The van der Waals surface area contributed by atoms with Crippen molar-refractivity contribution < 1.29 is 19.8 Å². The maximum absolute atomic E-state index is 12.5. The van der Waals surface area contributed by atoms with Crippen LogP contribution in [0.25, 0.3) is 10.8 Å². The molecule has 0 radical (unpaired) electrons. The zero-order valence-corrected chi connectivity index (χ0v) is 16.0. The Bertz CT molecular complexity index is 1200. The molecule has 0 aliphatic rings. The molecule has 0 saturated carbocycles. The lowest BCUT2D eigenvalue weighted by molar-refractivity contribution is 0.0696. The standard InChI is InChI=1S/C24H20N2O4/c27-22(17-5-7-18(8-6-17)24(29)30)19-9-3-16-4-10-20(14-21(16)13-19)23(28)25-15-26-11-1-2-12-26/h1-14,22,27H,15H2,(H,25,28)(H,29,30). The highest BCUT2D eigenvalue weighted by atomic mass is 16.4. The Kier molecular flexibility index (Phi) is 5.32. The molecule has 0 fully saturated rings. The van der Waals surface area contributed by atoms with Gasteiger partial charge in [0, 0.05) is 18.0 Å². The fraction of sp³-hybridized carbons (Fsp3) is 0.0833. The lowest BCUT2D eigenvalue weighted by Crippen LogP contribution is -2.25. The number of aromatic carboxylic acids is 1. The predicted octanol–water partition coefficient (Wildman–Crippen LogP) is 3.81. The molecule has 4 rings (SSSR count). The van der Waals surface area contributed by atoms with Crippen LogP contribution in [0.3, 0.4) is 0 Å². The molecule has 6 heteroatoms. The molecule has 0 saturated heterocycles. The Morgan fingerprint density at radius 3 is 2.17 bits per heavy atom. The summed E-state index contributed by atoms with van der Waals surface area (Å²) in [6, 6.07) is 20.9. The molecule has 0 aliphatic carbocycles. The topological polar surface area (TPSA) is 91.6 Å². The number of carboxylic acid groups (broad SMARTS) is 1. The second-order valence-electron chi connectivity index (χ2n) is 7.01. The highest BCUT2D eigenvalue weighted by Crippen LogP contribution is 2.26. The zero-order chi connectivity index (χ0) is 21.1. The van der Waals surface area contributed by atoms with Gasteiger partial charge in [0.25, 0.3) is 5.91 Å². The average molecular weight is 400 g/mol. The van der Waals surface area contributed by atoms with Crippen LogP contribution in [0.1, 0.15) is 37.9 Å². The summed E-state index contributed by atoms with van der Waals surface area (Å²) in [5.74, 6) is -1.19. The number of nitrogens with zero attached hydrogens (tertiary/aromatic N) is 1. The third-order valence-corrected chi connectivity index (χ3v) is 5.00. The minimum absolute atomic E-state index is 0.167. The molecule has 150 valence electrons. The van der Waals surface area contributed by atoms with Crippen molar-refractivity contribution in [2.24, 2.45) is 0 Å². The quantitative estimate of drug-likeness (QED) is 0.459. The van der Waals surface area contributed by atoms with Crippen LogP contribution >= 0.6 is 0 Å². The van der Waals surface area contributed by atoms with Gasteiger partial charge in [0.2, 0.25) is 0 Å². The highest BCUT2D eigenvalue weighted by Gasteiger charge is 2.13. The van der Waals surface area contributed by atoms with E-state index in [0.29, 0.717) is 23.4 Å². The van der Waals surface area contributed by atoms with Crippen LogP contribution in [0, 0.1) is 0 Å². The lowest BCUT2D eigenvalue weighted by atomic mass is 9.97. The molecule has 0 aliphatic heterocycles. The Morgan fingerprint density at radius 2 is 1.47 bits per heavy atom. The monoisotopic (exact) mass is 400 g/mol. The Hall–Kier alpha value is -3.90. The molecule has 1 heterocycles. The van der Waals surface area contributed by atoms with Gasteiger partial charge in [-0.25, -0.2) is 4.79 Å². The summed E-state index contributed by atoms with van der Waals surface area (Å²) in [6.45, 7) is 0.384. The first-order chi connectivity index (χ1) is 14.5. The minimum Gasteiger partial charge on any atom is -0.478 e. The van der Waals surface area contributed by atoms with Crippen molar-refractivity contribution in [3.63, 3.8) is 0 Å². The number of rotatable bonds is 6. The van der Waals surface area contributed by atoms with Crippen molar-refractivity contribution >= 4 is 22.6 Å². The number of carbonyl (C=O) groups is 2. The van der Waals surface area contributed by atoms with Gasteiger partial charge in [-0.3, -0.25) is 4.79 Å². The summed E-state index contributed by atoms with van der Waals surface area (Å²) >= 11 is 0. The Balaban J connectivity index is 1.56. The summed E-state index contributed by atoms with van der Waals surface area (Å²) in [4.78, 5) is 23.5. The number of aliphatic hydroxyl groups is 1. The van der Waals surface area contributed by atoms with Crippen LogP contribution in [0.15, 0.2) is 85.2 Å².